The van der Waals surface area contributed by atoms with Crippen molar-refractivity contribution in [2.75, 3.05) is 11.4 Å². The highest BCUT2D eigenvalue weighted by molar-refractivity contribution is 6.02. The van der Waals surface area contributed by atoms with Crippen LogP contribution in [0.2, 0.25) is 0 Å². The summed E-state index contributed by atoms with van der Waals surface area (Å²) in [6.07, 6.45) is 2.25. The normalized spacial score (nSPS) is 12.0. The first-order chi connectivity index (χ1) is 17.3. The maximum atomic E-state index is 13.9. The van der Waals surface area contributed by atoms with Gasteiger partial charge in [0.2, 0.25) is 5.91 Å². The molecule has 0 aliphatic heterocycles. The number of amides is 2. The highest BCUT2D eigenvalue weighted by atomic mass is 16.3. The molecule has 9 nitrogen and oxygen atoms in total. The van der Waals surface area contributed by atoms with Crippen LogP contribution < -0.4 is 10.2 Å². The molecular weight excluding hydrogens is 458 g/mol. The maximum absolute atomic E-state index is 13.9. The summed E-state index contributed by atoms with van der Waals surface area (Å²) in [5, 5.41) is 11.2. The lowest BCUT2D eigenvalue weighted by Crippen LogP contribution is -2.45. The van der Waals surface area contributed by atoms with Gasteiger partial charge in [-0.1, -0.05) is 43.3 Å². The number of aromatic nitrogens is 3. The first kappa shape index (κ1) is 24.8. The Kier molecular flexibility index (Phi) is 7.58. The number of para-hydroxylation sites is 1. The number of hydrogen-bond donors (Lipinski definition) is 1. The van der Waals surface area contributed by atoms with Crippen LogP contribution >= 0.6 is 0 Å². The molecule has 2 aromatic carbocycles. The zero-order valence-corrected chi connectivity index (χ0v) is 20.5. The van der Waals surface area contributed by atoms with Crippen molar-refractivity contribution in [3.8, 4) is 0 Å². The molecule has 0 saturated heterocycles. The summed E-state index contributed by atoms with van der Waals surface area (Å²) >= 11 is 0. The predicted molar refractivity (Wildman–Crippen MR) is 135 cm³/mol. The van der Waals surface area contributed by atoms with E-state index in [0.29, 0.717) is 40.5 Å². The molecule has 0 aliphatic rings. The fourth-order valence-electron chi connectivity index (χ4n) is 3.95. The number of furan rings is 1. The molecule has 2 amide bonds. The first-order valence-corrected chi connectivity index (χ1v) is 11.9. The molecule has 4 aromatic rings. The van der Waals surface area contributed by atoms with Crippen molar-refractivity contribution in [1.29, 1.82) is 0 Å². The fourth-order valence-corrected chi connectivity index (χ4v) is 3.95. The summed E-state index contributed by atoms with van der Waals surface area (Å²) in [5.41, 5.74) is 2.18. The standard InChI is InChI=1S/C27H29N5O4/c1-18(2)13-14-28-27(35)26(24-12-7-15-36-24)32(21-9-6-8-20(16-21)19(3)33)25(34)17-31-23-11-5-4-10-22(23)29-30-31/h4-12,15-16,18,26H,13-14,17H2,1-3H3,(H,28,35). The molecule has 186 valence electrons. The van der Waals surface area contributed by atoms with Crippen molar-refractivity contribution in [3.05, 3.63) is 78.3 Å². The van der Waals surface area contributed by atoms with Crippen LogP contribution in [-0.2, 0) is 16.1 Å². The van der Waals surface area contributed by atoms with Crippen molar-refractivity contribution < 1.29 is 18.8 Å². The lowest BCUT2D eigenvalue weighted by atomic mass is 10.1. The Morgan fingerprint density at radius 3 is 2.58 bits per heavy atom. The number of carbonyl (C=O) groups is 3. The molecule has 0 radical (unpaired) electrons. The van der Waals surface area contributed by atoms with Gasteiger partial charge in [0.15, 0.2) is 11.8 Å². The number of rotatable bonds is 10. The van der Waals surface area contributed by atoms with Crippen LogP contribution in [0.3, 0.4) is 0 Å². The second kappa shape index (κ2) is 11.0. The molecule has 0 aliphatic carbocycles. The number of benzene rings is 2. The molecule has 0 bridgehead atoms. The van der Waals surface area contributed by atoms with Gasteiger partial charge >= 0.3 is 0 Å². The van der Waals surface area contributed by atoms with Crippen molar-refractivity contribution >= 4 is 34.3 Å². The molecule has 0 spiro atoms. The smallest absolute Gasteiger partial charge is 0.251 e. The van der Waals surface area contributed by atoms with Crippen molar-refractivity contribution in [1.82, 2.24) is 20.3 Å². The molecule has 9 heteroatoms. The van der Waals surface area contributed by atoms with E-state index in [2.05, 4.69) is 29.5 Å². The van der Waals surface area contributed by atoms with E-state index in [1.807, 2.05) is 24.3 Å². The second-order valence-electron chi connectivity index (χ2n) is 9.00. The number of nitrogens with one attached hydrogen (secondary N) is 1. The summed E-state index contributed by atoms with van der Waals surface area (Å²) in [6.45, 7) is 5.89. The third kappa shape index (κ3) is 5.51. The number of carbonyl (C=O) groups excluding carboxylic acids is 3. The van der Waals surface area contributed by atoms with E-state index in [0.717, 1.165) is 6.42 Å². The van der Waals surface area contributed by atoms with Gasteiger partial charge in [-0.3, -0.25) is 19.3 Å². The Balaban J connectivity index is 1.76. The summed E-state index contributed by atoms with van der Waals surface area (Å²) in [5.74, 6) is -0.232. The zero-order chi connectivity index (χ0) is 25.7. The Bertz CT molecular complexity index is 1360. The lowest BCUT2D eigenvalue weighted by molar-refractivity contribution is -0.127. The van der Waals surface area contributed by atoms with Gasteiger partial charge in [-0.15, -0.1) is 5.10 Å². The molecule has 0 fully saturated rings. The zero-order valence-electron chi connectivity index (χ0n) is 20.5. The molecule has 1 atom stereocenters. The number of Topliss-reactive ketones (excluding diaryl/α,β-unsaturated/α-hetero) is 1. The third-order valence-electron chi connectivity index (χ3n) is 5.84. The third-order valence-corrected chi connectivity index (χ3v) is 5.84. The first-order valence-electron chi connectivity index (χ1n) is 11.9. The topological polar surface area (TPSA) is 110 Å². The van der Waals surface area contributed by atoms with Crippen LogP contribution in [0.15, 0.2) is 71.3 Å². The van der Waals surface area contributed by atoms with Crippen molar-refractivity contribution in [2.24, 2.45) is 5.92 Å². The van der Waals surface area contributed by atoms with Gasteiger partial charge in [-0.2, -0.15) is 0 Å². The van der Waals surface area contributed by atoms with Gasteiger partial charge in [0.05, 0.1) is 11.8 Å². The minimum absolute atomic E-state index is 0.151. The molecular formula is C27H29N5O4. The van der Waals surface area contributed by atoms with Crippen LogP contribution in [0.25, 0.3) is 11.0 Å². The van der Waals surface area contributed by atoms with Crippen LogP contribution in [0.4, 0.5) is 5.69 Å². The Labute approximate surface area is 209 Å². The number of anilines is 1. The molecule has 2 heterocycles. The number of hydrogen-bond acceptors (Lipinski definition) is 6. The van der Waals surface area contributed by atoms with Crippen LogP contribution in [-0.4, -0.2) is 39.1 Å². The number of fused-ring (bicyclic) bond motifs is 1. The Morgan fingerprint density at radius 1 is 1.06 bits per heavy atom. The average molecular weight is 488 g/mol. The van der Waals surface area contributed by atoms with Crippen LogP contribution in [0, 0.1) is 5.92 Å². The molecule has 1 unspecified atom stereocenters. The van der Waals surface area contributed by atoms with Crippen molar-refractivity contribution in [3.63, 3.8) is 0 Å². The number of nitrogens with zero attached hydrogens (tertiary/aromatic N) is 4. The van der Waals surface area contributed by atoms with Gasteiger partial charge in [0.1, 0.15) is 17.8 Å². The summed E-state index contributed by atoms with van der Waals surface area (Å²) in [4.78, 5) is 40.9. The van der Waals surface area contributed by atoms with Crippen LogP contribution in [0.1, 0.15) is 49.4 Å². The molecule has 1 N–H and O–H groups in total. The largest absolute Gasteiger partial charge is 0.467 e. The summed E-state index contributed by atoms with van der Waals surface area (Å²) in [6, 6.07) is 16.2. The van der Waals surface area contributed by atoms with E-state index >= 15 is 0 Å². The van der Waals surface area contributed by atoms with Gasteiger partial charge in [0.25, 0.3) is 5.91 Å². The Hall–Kier alpha value is -4.27. The van der Waals surface area contributed by atoms with Gasteiger partial charge in [-0.05, 0) is 55.7 Å². The fraction of sp³-hybridized carbons (Fsp3) is 0.296. The van der Waals surface area contributed by atoms with Gasteiger partial charge in [0, 0.05) is 17.8 Å². The van der Waals surface area contributed by atoms with E-state index in [9.17, 15) is 14.4 Å². The van der Waals surface area contributed by atoms with E-state index in [4.69, 9.17) is 4.42 Å². The highest BCUT2D eigenvalue weighted by Gasteiger charge is 2.35. The van der Waals surface area contributed by atoms with Gasteiger partial charge in [-0.25, -0.2) is 4.68 Å². The minimum atomic E-state index is -1.09. The maximum Gasteiger partial charge on any atom is 0.251 e. The monoisotopic (exact) mass is 487 g/mol. The molecule has 4 rings (SSSR count). The average Bonchev–Trinajstić information content (AvgIpc) is 3.53. The van der Waals surface area contributed by atoms with Crippen LogP contribution in [0.5, 0.6) is 0 Å². The highest BCUT2D eigenvalue weighted by Crippen LogP contribution is 2.30. The van der Waals surface area contributed by atoms with E-state index in [-0.39, 0.29) is 18.2 Å². The quantitative estimate of drug-likeness (QED) is 0.336. The molecule has 2 aromatic heterocycles. The van der Waals surface area contributed by atoms with E-state index < -0.39 is 11.9 Å². The van der Waals surface area contributed by atoms with Crippen molar-refractivity contribution in [2.45, 2.75) is 39.8 Å². The lowest BCUT2D eigenvalue weighted by Gasteiger charge is -2.30. The SMILES string of the molecule is CC(=O)c1cccc(N(C(=O)Cn2nnc3ccccc32)C(C(=O)NCCC(C)C)c2ccco2)c1. The molecule has 0 saturated carbocycles. The Morgan fingerprint density at radius 2 is 1.86 bits per heavy atom. The summed E-state index contributed by atoms with van der Waals surface area (Å²) < 4.78 is 7.12. The summed E-state index contributed by atoms with van der Waals surface area (Å²) in [7, 11) is 0. The van der Waals surface area contributed by atoms with Gasteiger partial charge < -0.3 is 9.73 Å². The van der Waals surface area contributed by atoms with E-state index in [1.165, 1.54) is 22.8 Å². The second-order valence-corrected chi connectivity index (χ2v) is 9.00. The predicted octanol–water partition coefficient (Wildman–Crippen LogP) is 4.16. The number of ketones is 1. The minimum Gasteiger partial charge on any atom is -0.467 e. The molecule has 36 heavy (non-hydrogen) atoms. The van der Waals surface area contributed by atoms with E-state index in [1.54, 1.807) is 36.4 Å².